The molecule has 0 heterocycles. The maximum Gasteiger partial charge on any atom is 0.317 e. The smallest absolute Gasteiger partial charge is 0.317 e. The Kier molecular flexibility index (Phi) is 8.67. The molecule has 0 bridgehead atoms. The van der Waals surface area contributed by atoms with E-state index < -0.39 is 24.0 Å². The summed E-state index contributed by atoms with van der Waals surface area (Å²) in [7, 11) is 0. The lowest BCUT2D eigenvalue weighted by atomic mass is 10.2. The summed E-state index contributed by atoms with van der Waals surface area (Å²) in [5.41, 5.74) is 0.309. The van der Waals surface area contributed by atoms with Crippen molar-refractivity contribution in [2.24, 2.45) is 0 Å². The van der Waals surface area contributed by atoms with Gasteiger partial charge in [-0.1, -0.05) is 30.3 Å². The van der Waals surface area contributed by atoms with Crippen LogP contribution in [0.15, 0.2) is 30.3 Å². The summed E-state index contributed by atoms with van der Waals surface area (Å²) in [6.45, 7) is 5.60. The quantitative estimate of drug-likeness (QED) is 0.295. The summed E-state index contributed by atoms with van der Waals surface area (Å²) in [4.78, 5) is 34.5. The fourth-order valence-electron chi connectivity index (χ4n) is 1.91. The first kappa shape index (κ1) is 20.7. The van der Waals surface area contributed by atoms with Gasteiger partial charge in [0.05, 0.1) is 6.61 Å². The Morgan fingerprint density at radius 2 is 1.56 bits per heavy atom. The molecule has 0 fully saturated rings. The SMILES string of the molecule is CC(C)(C)OC(=O)CC(=O)OCCCCC(=O)OCc1ccccc1. The molecule has 1 aromatic rings. The van der Waals surface area contributed by atoms with Gasteiger partial charge in [0.25, 0.3) is 0 Å². The molecule has 0 amide bonds. The van der Waals surface area contributed by atoms with Crippen molar-refractivity contribution in [2.45, 2.75) is 58.7 Å². The molecule has 0 N–H and O–H groups in total. The maximum absolute atomic E-state index is 11.6. The number of rotatable bonds is 9. The molecule has 6 nitrogen and oxygen atoms in total. The minimum atomic E-state index is -0.628. The molecule has 0 aromatic heterocycles. The molecular formula is C19H26O6. The van der Waals surface area contributed by atoms with Gasteiger partial charge in [-0.05, 0) is 39.2 Å². The first-order chi connectivity index (χ1) is 11.8. The van der Waals surface area contributed by atoms with Crippen LogP contribution in [0.25, 0.3) is 0 Å². The first-order valence-electron chi connectivity index (χ1n) is 8.33. The highest BCUT2D eigenvalue weighted by Crippen LogP contribution is 2.09. The van der Waals surface area contributed by atoms with E-state index in [1.165, 1.54) is 0 Å². The number of hydrogen-bond acceptors (Lipinski definition) is 6. The Morgan fingerprint density at radius 1 is 0.880 bits per heavy atom. The molecule has 0 saturated carbocycles. The molecule has 0 spiro atoms. The molecule has 0 radical (unpaired) electrons. The zero-order valence-corrected chi connectivity index (χ0v) is 15.1. The number of esters is 3. The van der Waals surface area contributed by atoms with Crippen LogP contribution in [0.2, 0.25) is 0 Å². The maximum atomic E-state index is 11.6. The molecular weight excluding hydrogens is 324 g/mol. The predicted octanol–water partition coefficient (Wildman–Crippen LogP) is 3.18. The van der Waals surface area contributed by atoms with E-state index in [0.29, 0.717) is 12.8 Å². The highest BCUT2D eigenvalue weighted by atomic mass is 16.6. The fraction of sp³-hybridized carbons (Fsp3) is 0.526. The van der Waals surface area contributed by atoms with Gasteiger partial charge in [0.1, 0.15) is 18.6 Å². The highest BCUT2D eigenvalue weighted by molar-refractivity contribution is 5.91. The van der Waals surface area contributed by atoms with Crippen molar-refractivity contribution in [2.75, 3.05) is 6.61 Å². The molecule has 0 aliphatic rings. The normalized spacial score (nSPS) is 10.8. The molecule has 0 saturated heterocycles. The fourth-order valence-corrected chi connectivity index (χ4v) is 1.91. The number of unbranched alkanes of at least 4 members (excludes halogenated alkanes) is 1. The monoisotopic (exact) mass is 350 g/mol. The van der Waals surface area contributed by atoms with Crippen LogP contribution in [0.5, 0.6) is 0 Å². The van der Waals surface area contributed by atoms with Gasteiger partial charge >= 0.3 is 17.9 Å². The second-order valence-electron chi connectivity index (χ2n) is 6.59. The lowest BCUT2D eigenvalue weighted by molar-refractivity contribution is -0.161. The third-order valence-electron chi connectivity index (χ3n) is 2.99. The lowest BCUT2D eigenvalue weighted by Gasteiger charge is -2.19. The van der Waals surface area contributed by atoms with E-state index in [0.717, 1.165) is 5.56 Å². The van der Waals surface area contributed by atoms with Gasteiger partial charge in [0, 0.05) is 6.42 Å². The van der Waals surface area contributed by atoms with Gasteiger partial charge in [-0.25, -0.2) is 0 Å². The van der Waals surface area contributed by atoms with Crippen molar-refractivity contribution in [1.82, 2.24) is 0 Å². The number of benzene rings is 1. The van der Waals surface area contributed by atoms with Crippen LogP contribution in [0.3, 0.4) is 0 Å². The Labute approximate surface area is 148 Å². The molecule has 138 valence electrons. The van der Waals surface area contributed by atoms with Crippen molar-refractivity contribution < 1.29 is 28.6 Å². The summed E-state index contributed by atoms with van der Waals surface area (Å²) in [6.07, 6.45) is 0.931. The third-order valence-corrected chi connectivity index (χ3v) is 2.99. The Morgan fingerprint density at radius 3 is 2.20 bits per heavy atom. The minimum absolute atomic E-state index is 0.160. The van der Waals surface area contributed by atoms with Crippen LogP contribution in [0.1, 0.15) is 52.0 Å². The van der Waals surface area contributed by atoms with Crippen LogP contribution in [0.4, 0.5) is 0 Å². The molecule has 0 atom stereocenters. The number of ether oxygens (including phenoxy) is 3. The Balaban J connectivity index is 2.06. The van der Waals surface area contributed by atoms with E-state index in [1.807, 2.05) is 30.3 Å². The number of carbonyl (C=O) groups excluding carboxylic acids is 3. The van der Waals surface area contributed by atoms with Gasteiger partial charge in [-0.3, -0.25) is 14.4 Å². The van der Waals surface area contributed by atoms with E-state index in [4.69, 9.17) is 14.2 Å². The number of carbonyl (C=O) groups is 3. The average Bonchev–Trinajstić information content (AvgIpc) is 2.51. The van der Waals surface area contributed by atoms with Crippen LogP contribution < -0.4 is 0 Å². The van der Waals surface area contributed by atoms with E-state index in [9.17, 15) is 14.4 Å². The van der Waals surface area contributed by atoms with Crippen LogP contribution >= 0.6 is 0 Å². The van der Waals surface area contributed by atoms with E-state index >= 15 is 0 Å². The van der Waals surface area contributed by atoms with Gasteiger partial charge in [-0.15, -0.1) is 0 Å². The molecule has 0 aliphatic carbocycles. The van der Waals surface area contributed by atoms with Gasteiger partial charge in [0.15, 0.2) is 0 Å². The average molecular weight is 350 g/mol. The molecule has 1 rings (SSSR count). The second-order valence-corrected chi connectivity index (χ2v) is 6.59. The Bertz CT molecular complexity index is 559. The second kappa shape index (κ2) is 10.5. The molecule has 1 aromatic carbocycles. The van der Waals surface area contributed by atoms with Crippen molar-refractivity contribution in [3.8, 4) is 0 Å². The van der Waals surface area contributed by atoms with Crippen LogP contribution in [0, 0.1) is 0 Å². The van der Waals surface area contributed by atoms with Crippen molar-refractivity contribution in [3.05, 3.63) is 35.9 Å². The van der Waals surface area contributed by atoms with Crippen LogP contribution in [-0.2, 0) is 35.2 Å². The zero-order valence-electron chi connectivity index (χ0n) is 15.1. The lowest BCUT2D eigenvalue weighted by Crippen LogP contribution is -2.25. The standard InChI is InChI=1S/C19H26O6/c1-19(2,3)25-18(22)13-17(21)23-12-8-7-11-16(20)24-14-15-9-5-4-6-10-15/h4-6,9-10H,7-8,11-14H2,1-3H3. The van der Waals surface area contributed by atoms with Gasteiger partial charge in [0.2, 0.25) is 0 Å². The summed E-state index contributed by atoms with van der Waals surface area (Å²) >= 11 is 0. The topological polar surface area (TPSA) is 78.9 Å². The molecule has 0 unspecified atom stereocenters. The molecule has 25 heavy (non-hydrogen) atoms. The third kappa shape index (κ3) is 10.9. The first-order valence-corrected chi connectivity index (χ1v) is 8.33. The van der Waals surface area contributed by atoms with E-state index in [1.54, 1.807) is 20.8 Å². The summed E-state index contributed by atoms with van der Waals surface area (Å²) in [5.74, 6) is -1.52. The zero-order chi connectivity index (χ0) is 18.7. The van der Waals surface area contributed by atoms with E-state index in [-0.39, 0.29) is 25.6 Å². The van der Waals surface area contributed by atoms with Crippen molar-refractivity contribution >= 4 is 17.9 Å². The number of hydrogen-bond donors (Lipinski definition) is 0. The van der Waals surface area contributed by atoms with Gasteiger partial charge in [-0.2, -0.15) is 0 Å². The summed E-state index contributed by atoms with van der Waals surface area (Å²) in [6, 6.07) is 9.44. The summed E-state index contributed by atoms with van der Waals surface area (Å²) in [5, 5.41) is 0. The Hall–Kier alpha value is -2.37. The van der Waals surface area contributed by atoms with E-state index in [2.05, 4.69) is 0 Å². The largest absolute Gasteiger partial charge is 0.465 e. The summed E-state index contributed by atoms with van der Waals surface area (Å²) < 4.78 is 15.1. The van der Waals surface area contributed by atoms with Crippen LogP contribution in [-0.4, -0.2) is 30.1 Å². The predicted molar refractivity (Wildman–Crippen MR) is 91.5 cm³/mol. The molecule has 6 heteroatoms. The highest BCUT2D eigenvalue weighted by Gasteiger charge is 2.19. The van der Waals surface area contributed by atoms with Crippen molar-refractivity contribution in [1.29, 1.82) is 0 Å². The van der Waals surface area contributed by atoms with Gasteiger partial charge < -0.3 is 14.2 Å². The molecule has 0 aliphatic heterocycles. The van der Waals surface area contributed by atoms with Crippen molar-refractivity contribution in [3.63, 3.8) is 0 Å². The minimum Gasteiger partial charge on any atom is -0.465 e.